The van der Waals surface area contributed by atoms with Gasteiger partial charge in [0, 0.05) is 11.1 Å². The molecule has 0 amide bonds. The molecule has 0 saturated heterocycles. The number of halogens is 1. The highest BCUT2D eigenvalue weighted by Crippen LogP contribution is 2.33. The summed E-state index contributed by atoms with van der Waals surface area (Å²) in [6, 6.07) is 6.21. The van der Waals surface area contributed by atoms with E-state index in [1.54, 1.807) is 12.1 Å². The van der Waals surface area contributed by atoms with Crippen molar-refractivity contribution in [3.8, 4) is 0 Å². The van der Waals surface area contributed by atoms with Crippen LogP contribution in [0, 0.1) is 5.92 Å². The average molecular weight is 260 g/mol. The van der Waals surface area contributed by atoms with Crippen LogP contribution < -0.4 is 4.72 Å². The van der Waals surface area contributed by atoms with E-state index >= 15 is 0 Å². The zero-order valence-corrected chi connectivity index (χ0v) is 10.6. The van der Waals surface area contributed by atoms with E-state index in [-0.39, 0.29) is 10.9 Å². The molecule has 88 valence electrons. The predicted molar refractivity (Wildman–Crippen MR) is 64.0 cm³/mol. The molecular weight excluding hydrogens is 246 g/mol. The van der Waals surface area contributed by atoms with Gasteiger partial charge < -0.3 is 0 Å². The van der Waals surface area contributed by atoms with E-state index < -0.39 is 10.0 Å². The lowest BCUT2D eigenvalue weighted by Gasteiger charge is -2.13. The molecule has 1 atom stereocenters. The van der Waals surface area contributed by atoms with Crippen LogP contribution in [0.1, 0.15) is 19.8 Å². The lowest BCUT2D eigenvalue weighted by Crippen LogP contribution is -2.33. The van der Waals surface area contributed by atoms with E-state index in [0.717, 1.165) is 12.8 Å². The third kappa shape index (κ3) is 2.75. The summed E-state index contributed by atoms with van der Waals surface area (Å²) in [5.74, 6) is 0.502. The molecular formula is C11H14ClNO2S. The van der Waals surface area contributed by atoms with Gasteiger partial charge in [0.25, 0.3) is 0 Å². The third-order valence-corrected chi connectivity index (χ3v) is 4.62. The van der Waals surface area contributed by atoms with Gasteiger partial charge in [-0.05, 0) is 49.9 Å². The van der Waals surface area contributed by atoms with Gasteiger partial charge in [0.2, 0.25) is 10.0 Å². The van der Waals surface area contributed by atoms with Crippen molar-refractivity contribution in [1.82, 2.24) is 4.72 Å². The second-order valence-corrected chi connectivity index (χ2v) is 6.35. The fourth-order valence-corrected chi connectivity index (χ4v) is 3.06. The molecule has 1 aromatic carbocycles. The number of nitrogens with one attached hydrogen (secondary N) is 1. The van der Waals surface area contributed by atoms with Crippen LogP contribution in [0.3, 0.4) is 0 Å². The summed E-state index contributed by atoms with van der Waals surface area (Å²) in [6.07, 6.45) is 2.23. The van der Waals surface area contributed by atoms with Gasteiger partial charge in [-0.1, -0.05) is 11.6 Å². The summed E-state index contributed by atoms with van der Waals surface area (Å²) in [5.41, 5.74) is 0. The topological polar surface area (TPSA) is 46.2 Å². The van der Waals surface area contributed by atoms with E-state index in [9.17, 15) is 8.42 Å². The van der Waals surface area contributed by atoms with Gasteiger partial charge >= 0.3 is 0 Å². The zero-order chi connectivity index (χ0) is 11.8. The molecule has 1 aromatic rings. The minimum Gasteiger partial charge on any atom is -0.208 e. The molecule has 1 aliphatic rings. The van der Waals surface area contributed by atoms with Gasteiger partial charge in [-0.2, -0.15) is 0 Å². The van der Waals surface area contributed by atoms with E-state index in [2.05, 4.69) is 4.72 Å². The maximum Gasteiger partial charge on any atom is 0.240 e. The van der Waals surface area contributed by atoms with Crippen LogP contribution in [-0.2, 0) is 10.0 Å². The van der Waals surface area contributed by atoms with Crippen molar-refractivity contribution in [2.75, 3.05) is 0 Å². The van der Waals surface area contributed by atoms with Crippen LogP contribution >= 0.6 is 11.6 Å². The Balaban J connectivity index is 2.14. The maximum atomic E-state index is 11.9. The van der Waals surface area contributed by atoms with Crippen molar-refractivity contribution in [2.24, 2.45) is 5.92 Å². The molecule has 1 saturated carbocycles. The van der Waals surface area contributed by atoms with Crippen molar-refractivity contribution in [1.29, 1.82) is 0 Å². The van der Waals surface area contributed by atoms with Crippen molar-refractivity contribution < 1.29 is 8.42 Å². The fourth-order valence-electron chi connectivity index (χ4n) is 1.62. The quantitative estimate of drug-likeness (QED) is 0.903. The molecule has 0 radical (unpaired) electrons. The van der Waals surface area contributed by atoms with E-state index in [0.29, 0.717) is 10.9 Å². The molecule has 1 aliphatic carbocycles. The van der Waals surface area contributed by atoms with Gasteiger partial charge in [0.1, 0.15) is 0 Å². The number of hydrogen-bond donors (Lipinski definition) is 1. The van der Waals surface area contributed by atoms with Crippen LogP contribution in [-0.4, -0.2) is 14.5 Å². The van der Waals surface area contributed by atoms with Crippen LogP contribution in [0.5, 0.6) is 0 Å². The molecule has 0 heterocycles. The first-order valence-corrected chi connectivity index (χ1v) is 7.13. The van der Waals surface area contributed by atoms with E-state index in [4.69, 9.17) is 11.6 Å². The zero-order valence-electron chi connectivity index (χ0n) is 8.98. The Morgan fingerprint density at radius 2 is 1.88 bits per heavy atom. The Kier molecular flexibility index (Phi) is 3.24. The summed E-state index contributed by atoms with van der Waals surface area (Å²) in [7, 11) is -3.39. The molecule has 0 bridgehead atoms. The second kappa shape index (κ2) is 4.35. The molecule has 1 fully saturated rings. The molecule has 0 aliphatic heterocycles. The largest absolute Gasteiger partial charge is 0.240 e. The van der Waals surface area contributed by atoms with Crippen LogP contribution in [0.2, 0.25) is 5.02 Å². The highest BCUT2D eigenvalue weighted by Gasteiger charge is 2.31. The number of hydrogen-bond acceptors (Lipinski definition) is 2. The normalized spacial score (nSPS) is 18.4. The molecule has 16 heavy (non-hydrogen) atoms. The maximum absolute atomic E-state index is 11.9. The highest BCUT2D eigenvalue weighted by atomic mass is 35.5. The summed E-state index contributed by atoms with van der Waals surface area (Å²) >= 11 is 5.71. The lowest BCUT2D eigenvalue weighted by atomic mass is 10.2. The number of sulfonamides is 1. The van der Waals surface area contributed by atoms with Crippen LogP contribution in [0.25, 0.3) is 0 Å². The predicted octanol–water partition coefficient (Wildman–Crippen LogP) is 2.42. The Morgan fingerprint density at radius 3 is 2.38 bits per heavy atom. The first-order chi connectivity index (χ1) is 7.49. The standard InChI is InChI=1S/C11H14ClNO2S/c1-8(9-2-3-9)13-16(14,15)11-6-4-10(12)5-7-11/h4-9,13H,2-3H2,1H3/t8-/m0/s1. The molecule has 0 unspecified atom stereocenters. The molecule has 1 N–H and O–H groups in total. The third-order valence-electron chi connectivity index (χ3n) is 2.79. The molecule has 0 spiro atoms. The summed E-state index contributed by atoms with van der Waals surface area (Å²) in [5, 5.41) is 0.536. The van der Waals surface area contributed by atoms with Crippen LogP contribution in [0.15, 0.2) is 29.2 Å². The summed E-state index contributed by atoms with van der Waals surface area (Å²) < 4.78 is 26.5. The Bertz CT molecular complexity index is 465. The smallest absolute Gasteiger partial charge is 0.208 e. The minimum atomic E-state index is -3.39. The molecule has 3 nitrogen and oxygen atoms in total. The molecule has 5 heteroatoms. The Hall–Kier alpha value is -0.580. The Labute approximate surface area is 101 Å². The number of rotatable bonds is 4. The van der Waals surface area contributed by atoms with E-state index in [1.807, 2.05) is 6.92 Å². The van der Waals surface area contributed by atoms with Gasteiger partial charge in [0.05, 0.1) is 4.90 Å². The Morgan fingerprint density at radius 1 is 1.31 bits per heavy atom. The highest BCUT2D eigenvalue weighted by molar-refractivity contribution is 7.89. The van der Waals surface area contributed by atoms with Gasteiger partial charge in [-0.25, -0.2) is 13.1 Å². The van der Waals surface area contributed by atoms with Gasteiger partial charge in [-0.3, -0.25) is 0 Å². The van der Waals surface area contributed by atoms with Crippen molar-refractivity contribution in [2.45, 2.75) is 30.7 Å². The second-order valence-electron chi connectivity index (χ2n) is 4.20. The first-order valence-electron chi connectivity index (χ1n) is 5.27. The molecule has 2 rings (SSSR count). The fraction of sp³-hybridized carbons (Fsp3) is 0.455. The van der Waals surface area contributed by atoms with E-state index in [1.165, 1.54) is 12.1 Å². The van der Waals surface area contributed by atoms with Gasteiger partial charge in [0.15, 0.2) is 0 Å². The average Bonchev–Trinajstić information content (AvgIpc) is 3.00. The SMILES string of the molecule is C[C@H](NS(=O)(=O)c1ccc(Cl)cc1)C1CC1. The van der Waals surface area contributed by atoms with Gasteiger partial charge in [-0.15, -0.1) is 0 Å². The summed E-state index contributed by atoms with van der Waals surface area (Å²) in [4.78, 5) is 0.268. The van der Waals surface area contributed by atoms with Crippen molar-refractivity contribution in [3.63, 3.8) is 0 Å². The van der Waals surface area contributed by atoms with Crippen molar-refractivity contribution in [3.05, 3.63) is 29.3 Å². The minimum absolute atomic E-state index is 0.0145. The molecule has 0 aromatic heterocycles. The van der Waals surface area contributed by atoms with Crippen molar-refractivity contribution >= 4 is 21.6 Å². The summed E-state index contributed by atoms with van der Waals surface area (Å²) in [6.45, 7) is 1.91. The lowest BCUT2D eigenvalue weighted by molar-refractivity contribution is 0.538. The monoisotopic (exact) mass is 259 g/mol. The number of benzene rings is 1. The van der Waals surface area contributed by atoms with Crippen LogP contribution in [0.4, 0.5) is 0 Å². The first kappa shape index (κ1) is 11.9.